The molecule has 72 valence electrons. The number of aromatic carboxylic acids is 1. The minimum absolute atomic E-state index is 0.325. The summed E-state index contributed by atoms with van der Waals surface area (Å²) in [5, 5.41) is 9.31. The molecule has 1 N–H and O–H groups in total. The fourth-order valence-corrected chi connectivity index (χ4v) is 1.55. The van der Waals surface area contributed by atoms with Gasteiger partial charge in [0.15, 0.2) is 5.06 Å². The van der Waals surface area contributed by atoms with Crippen LogP contribution >= 0.6 is 11.3 Å². The Morgan fingerprint density at radius 2 is 2.38 bits per heavy atom. The zero-order valence-corrected chi connectivity index (χ0v) is 8.26. The maximum absolute atomic E-state index is 10.5. The summed E-state index contributed by atoms with van der Waals surface area (Å²) < 4.78 is 5.33. The summed E-state index contributed by atoms with van der Waals surface area (Å²) in [5.74, 6) is -0.893. The Kier molecular flexibility index (Phi) is 3.76. The van der Waals surface area contributed by atoms with Gasteiger partial charge in [-0.2, -0.15) is 0 Å². The van der Waals surface area contributed by atoms with Gasteiger partial charge in [0.2, 0.25) is 0 Å². The number of carbonyl (C=O) groups is 1. The van der Waals surface area contributed by atoms with E-state index in [9.17, 15) is 4.79 Å². The monoisotopic (exact) mass is 200 g/mol. The van der Waals surface area contributed by atoms with Crippen LogP contribution in [0.3, 0.4) is 0 Å². The Balaban J connectivity index is 2.44. The van der Waals surface area contributed by atoms with Crippen LogP contribution in [0.15, 0.2) is 12.1 Å². The number of hydrogen-bond donors (Lipinski definition) is 1. The molecule has 0 aromatic carbocycles. The summed E-state index contributed by atoms with van der Waals surface area (Å²) in [4.78, 5) is 10.8. The fraction of sp³-hybridized carbons (Fsp3) is 0.444. The lowest BCUT2D eigenvalue weighted by Crippen LogP contribution is -1.94. The van der Waals surface area contributed by atoms with Gasteiger partial charge in [-0.05, 0) is 18.6 Å². The van der Waals surface area contributed by atoms with Gasteiger partial charge in [0.1, 0.15) is 4.88 Å². The molecule has 0 bridgehead atoms. The van der Waals surface area contributed by atoms with E-state index in [1.807, 2.05) is 0 Å². The molecule has 4 heteroatoms. The fourth-order valence-electron chi connectivity index (χ4n) is 0.830. The van der Waals surface area contributed by atoms with Crippen LogP contribution in [0, 0.1) is 0 Å². The van der Waals surface area contributed by atoms with Gasteiger partial charge in [0.05, 0.1) is 6.61 Å². The Morgan fingerprint density at radius 3 is 2.92 bits per heavy atom. The first-order valence-electron chi connectivity index (χ1n) is 4.20. The van der Waals surface area contributed by atoms with Gasteiger partial charge in [-0.3, -0.25) is 0 Å². The summed E-state index contributed by atoms with van der Waals surface area (Å²) in [6.45, 7) is 2.75. The molecule has 0 unspecified atom stereocenters. The molecular formula is C9H12O3S. The third kappa shape index (κ3) is 3.06. The summed E-state index contributed by atoms with van der Waals surface area (Å²) in [6, 6.07) is 3.26. The highest BCUT2D eigenvalue weighted by atomic mass is 32.1. The topological polar surface area (TPSA) is 46.5 Å². The predicted molar refractivity (Wildman–Crippen MR) is 51.7 cm³/mol. The predicted octanol–water partition coefficient (Wildman–Crippen LogP) is 2.63. The van der Waals surface area contributed by atoms with Gasteiger partial charge in [-0.15, -0.1) is 0 Å². The maximum atomic E-state index is 10.5. The van der Waals surface area contributed by atoms with Crippen molar-refractivity contribution in [2.75, 3.05) is 6.61 Å². The van der Waals surface area contributed by atoms with Gasteiger partial charge < -0.3 is 9.84 Å². The molecule has 0 fully saturated rings. The standard InChI is InChI=1S/C9H12O3S/c1-2-3-6-12-8-5-4-7(13-8)9(10)11/h4-5H,2-3,6H2,1H3,(H,10,11). The van der Waals surface area contributed by atoms with E-state index in [0.29, 0.717) is 16.5 Å². The summed E-state index contributed by atoms with van der Waals surface area (Å²) >= 11 is 1.17. The van der Waals surface area contributed by atoms with Crippen molar-refractivity contribution >= 4 is 17.3 Å². The molecule has 0 aliphatic carbocycles. The average Bonchev–Trinajstić information content (AvgIpc) is 2.53. The third-order valence-electron chi connectivity index (χ3n) is 1.53. The van der Waals surface area contributed by atoms with Crippen molar-refractivity contribution in [1.82, 2.24) is 0 Å². The number of hydrogen-bond acceptors (Lipinski definition) is 3. The highest BCUT2D eigenvalue weighted by Crippen LogP contribution is 2.24. The number of carboxylic acid groups (broad SMARTS) is 1. The molecule has 1 heterocycles. The number of carboxylic acids is 1. The molecule has 0 amide bonds. The zero-order chi connectivity index (χ0) is 9.68. The summed E-state index contributed by atoms with van der Waals surface area (Å²) in [6.07, 6.45) is 2.08. The van der Waals surface area contributed by atoms with Gasteiger partial charge in [0, 0.05) is 0 Å². The van der Waals surface area contributed by atoms with Crippen molar-refractivity contribution in [3.63, 3.8) is 0 Å². The molecule has 0 aliphatic heterocycles. The van der Waals surface area contributed by atoms with Crippen LogP contribution in [0.4, 0.5) is 0 Å². The number of rotatable bonds is 5. The van der Waals surface area contributed by atoms with Gasteiger partial charge in [0.25, 0.3) is 0 Å². The lowest BCUT2D eigenvalue weighted by molar-refractivity contribution is 0.0702. The highest BCUT2D eigenvalue weighted by Gasteiger charge is 2.06. The van der Waals surface area contributed by atoms with Crippen molar-refractivity contribution in [2.24, 2.45) is 0 Å². The van der Waals surface area contributed by atoms with E-state index in [-0.39, 0.29) is 0 Å². The molecule has 13 heavy (non-hydrogen) atoms. The zero-order valence-electron chi connectivity index (χ0n) is 7.45. The van der Waals surface area contributed by atoms with Crippen molar-refractivity contribution in [3.8, 4) is 5.06 Å². The quantitative estimate of drug-likeness (QED) is 0.743. The van der Waals surface area contributed by atoms with E-state index in [1.54, 1.807) is 12.1 Å². The first kappa shape index (κ1) is 10.1. The van der Waals surface area contributed by atoms with Crippen LogP contribution in [-0.2, 0) is 0 Å². The maximum Gasteiger partial charge on any atom is 0.345 e. The highest BCUT2D eigenvalue weighted by molar-refractivity contribution is 7.15. The van der Waals surface area contributed by atoms with Gasteiger partial charge >= 0.3 is 5.97 Å². The van der Waals surface area contributed by atoms with Crippen LogP contribution in [0.25, 0.3) is 0 Å². The largest absolute Gasteiger partial charge is 0.484 e. The molecule has 0 saturated carbocycles. The van der Waals surface area contributed by atoms with Crippen LogP contribution in [0.2, 0.25) is 0 Å². The van der Waals surface area contributed by atoms with Crippen LogP contribution in [-0.4, -0.2) is 17.7 Å². The van der Waals surface area contributed by atoms with Crippen LogP contribution in [0.1, 0.15) is 29.4 Å². The molecule has 0 saturated heterocycles. The second-order valence-corrected chi connectivity index (χ2v) is 3.67. The van der Waals surface area contributed by atoms with E-state index in [1.165, 1.54) is 11.3 Å². The van der Waals surface area contributed by atoms with E-state index in [4.69, 9.17) is 9.84 Å². The number of thiophene rings is 1. The Morgan fingerprint density at radius 1 is 1.62 bits per heavy atom. The second-order valence-electron chi connectivity index (χ2n) is 2.63. The lowest BCUT2D eigenvalue weighted by atomic mass is 10.4. The van der Waals surface area contributed by atoms with Crippen molar-refractivity contribution in [3.05, 3.63) is 17.0 Å². The normalized spacial score (nSPS) is 9.92. The van der Waals surface area contributed by atoms with Crippen LogP contribution in [0.5, 0.6) is 5.06 Å². The van der Waals surface area contributed by atoms with Crippen molar-refractivity contribution in [1.29, 1.82) is 0 Å². The van der Waals surface area contributed by atoms with Gasteiger partial charge in [-0.25, -0.2) is 4.79 Å². The SMILES string of the molecule is CCCCOc1ccc(C(=O)O)s1. The minimum atomic E-state index is -0.893. The molecule has 3 nitrogen and oxygen atoms in total. The van der Waals surface area contributed by atoms with Gasteiger partial charge in [-0.1, -0.05) is 24.7 Å². The number of ether oxygens (including phenoxy) is 1. The molecular weight excluding hydrogens is 188 g/mol. The first-order valence-corrected chi connectivity index (χ1v) is 5.01. The van der Waals surface area contributed by atoms with Crippen molar-refractivity contribution in [2.45, 2.75) is 19.8 Å². The molecule has 1 aromatic heterocycles. The molecule has 1 rings (SSSR count). The molecule has 0 spiro atoms. The Bertz CT molecular complexity index is 280. The molecule has 0 atom stereocenters. The molecule has 0 radical (unpaired) electrons. The summed E-state index contributed by atoms with van der Waals surface area (Å²) in [7, 11) is 0. The average molecular weight is 200 g/mol. The smallest absolute Gasteiger partial charge is 0.345 e. The minimum Gasteiger partial charge on any atom is -0.484 e. The third-order valence-corrected chi connectivity index (χ3v) is 2.52. The van der Waals surface area contributed by atoms with E-state index in [0.717, 1.165) is 12.8 Å². The Hall–Kier alpha value is -1.03. The Labute approximate surface area is 81.0 Å². The number of unbranched alkanes of at least 4 members (excludes halogenated alkanes) is 1. The summed E-state index contributed by atoms with van der Waals surface area (Å²) in [5.41, 5.74) is 0. The first-order chi connectivity index (χ1) is 6.24. The van der Waals surface area contributed by atoms with Crippen LogP contribution < -0.4 is 4.74 Å². The lowest BCUT2D eigenvalue weighted by Gasteiger charge is -1.99. The van der Waals surface area contributed by atoms with E-state index < -0.39 is 5.97 Å². The second kappa shape index (κ2) is 4.87. The molecule has 1 aromatic rings. The van der Waals surface area contributed by atoms with E-state index >= 15 is 0 Å². The molecule has 0 aliphatic rings. The van der Waals surface area contributed by atoms with Crippen molar-refractivity contribution < 1.29 is 14.6 Å². The van der Waals surface area contributed by atoms with E-state index in [2.05, 4.69) is 6.92 Å².